The van der Waals surface area contributed by atoms with Crippen molar-refractivity contribution < 1.29 is 0 Å². The predicted octanol–water partition coefficient (Wildman–Crippen LogP) is 4.82. The minimum atomic E-state index is 0.499. The molecule has 1 nitrogen and oxygen atoms in total. The van der Waals surface area contributed by atoms with Crippen LogP contribution in [0.1, 0.15) is 59.8 Å². The van der Waals surface area contributed by atoms with Gasteiger partial charge >= 0.3 is 0 Å². The van der Waals surface area contributed by atoms with Gasteiger partial charge < -0.3 is 5.32 Å². The Morgan fingerprint density at radius 3 is 2.47 bits per heavy atom. The van der Waals surface area contributed by atoms with Crippen LogP contribution in [0.25, 0.3) is 0 Å². The molecule has 0 aromatic rings. The maximum absolute atomic E-state index is 3.66. The van der Waals surface area contributed by atoms with Crippen LogP contribution in [0.3, 0.4) is 0 Å². The molecule has 0 aliphatic heterocycles. The van der Waals surface area contributed by atoms with Crippen LogP contribution in [-0.4, -0.2) is 25.1 Å². The Labute approximate surface area is 125 Å². The summed E-state index contributed by atoms with van der Waals surface area (Å²) < 4.78 is 0. The molecule has 0 amide bonds. The number of rotatable bonds is 7. The standard InChI is InChI=1S/C17H35NS/c1-6-10-18-13-15-7-8-16(17(2,3)4)12-14(15)9-11-19-5/h14-16,18H,6-13H2,1-5H3. The molecule has 1 N–H and O–H groups in total. The molecule has 1 rings (SSSR count). The van der Waals surface area contributed by atoms with Crippen molar-refractivity contribution in [3.63, 3.8) is 0 Å². The quantitative estimate of drug-likeness (QED) is 0.673. The maximum Gasteiger partial charge on any atom is -0.00179 e. The third-order valence-corrected chi connectivity index (χ3v) is 5.53. The van der Waals surface area contributed by atoms with Gasteiger partial charge in [0.05, 0.1) is 0 Å². The zero-order chi connectivity index (χ0) is 14.3. The summed E-state index contributed by atoms with van der Waals surface area (Å²) in [5.41, 5.74) is 0.499. The van der Waals surface area contributed by atoms with Gasteiger partial charge in [-0.3, -0.25) is 0 Å². The number of hydrogen-bond acceptors (Lipinski definition) is 2. The minimum absolute atomic E-state index is 0.499. The lowest BCUT2D eigenvalue weighted by molar-refractivity contribution is 0.0958. The second-order valence-corrected chi connectivity index (χ2v) is 8.37. The van der Waals surface area contributed by atoms with E-state index in [1.165, 1.54) is 50.9 Å². The SMILES string of the molecule is CCCNCC1CCC(C(C)(C)C)CC1CCSC. The summed E-state index contributed by atoms with van der Waals surface area (Å²) >= 11 is 2.01. The summed E-state index contributed by atoms with van der Waals surface area (Å²) in [5, 5.41) is 3.66. The van der Waals surface area contributed by atoms with Crippen LogP contribution in [0.15, 0.2) is 0 Å². The molecule has 0 radical (unpaired) electrons. The van der Waals surface area contributed by atoms with Gasteiger partial charge in [-0.05, 0) is 80.4 Å². The Morgan fingerprint density at radius 1 is 1.16 bits per heavy atom. The molecular formula is C17H35NS. The molecule has 19 heavy (non-hydrogen) atoms. The van der Waals surface area contributed by atoms with Gasteiger partial charge in [0, 0.05) is 0 Å². The van der Waals surface area contributed by atoms with Crippen molar-refractivity contribution in [2.75, 3.05) is 25.1 Å². The lowest BCUT2D eigenvalue weighted by Gasteiger charge is -2.42. The smallest absolute Gasteiger partial charge is 0.00179 e. The van der Waals surface area contributed by atoms with Crippen LogP contribution in [0.4, 0.5) is 0 Å². The lowest BCUT2D eigenvalue weighted by atomic mass is 9.65. The van der Waals surface area contributed by atoms with E-state index in [0.29, 0.717) is 5.41 Å². The molecule has 1 aliphatic carbocycles. The third-order valence-electron chi connectivity index (χ3n) is 4.89. The van der Waals surface area contributed by atoms with Crippen molar-refractivity contribution in [3.05, 3.63) is 0 Å². The van der Waals surface area contributed by atoms with Gasteiger partial charge in [0.15, 0.2) is 0 Å². The fourth-order valence-electron chi connectivity index (χ4n) is 3.47. The molecule has 1 aliphatic rings. The van der Waals surface area contributed by atoms with E-state index in [4.69, 9.17) is 0 Å². The summed E-state index contributed by atoms with van der Waals surface area (Å²) in [6, 6.07) is 0. The van der Waals surface area contributed by atoms with Gasteiger partial charge in [0.1, 0.15) is 0 Å². The van der Waals surface area contributed by atoms with Crippen molar-refractivity contribution in [1.29, 1.82) is 0 Å². The van der Waals surface area contributed by atoms with Gasteiger partial charge in [-0.2, -0.15) is 11.8 Å². The topological polar surface area (TPSA) is 12.0 Å². The fourth-order valence-corrected chi connectivity index (χ4v) is 4.01. The Hall–Kier alpha value is 0.310. The van der Waals surface area contributed by atoms with Gasteiger partial charge in [0.2, 0.25) is 0 Å². The predicted molar refractivity (Wildman–Crippen MR) is 89.9 cm³/mol. The second kappa shape index (κ2) is 8.56. The van der Waals surface area contributed by atoms with E-state index < -0.39 is 0 Å². The van der Waals surface area contributed by atoms with Crippen molar-refractivity contribution in [1.82, 2.24) is 5.32 Å². The number of hydrogen-bond donors (Lipinski definition) is 1. The van der Waals surface area contributed by atoms with Crippen molar-refractivity contribution in [2.24, 2.45) is 23.2 Å². The average Bonchev–Trinajstić information content (AvgIpc) is 2.36. The highest BCUT2D eigenvalue weighted by Crippen LogP contribution is 2.43. The summed E-state index contributed by atoms with van der Waals surface area (Å²) in [6.45, 7) is 12.0. The normalized spacial score (nSPS) is 28.6. The molecule has 0 bridgehead atoms. The molecule has 3 atom stereocenters. The molecule has 1 saturated carbocycles. The monoisotopic (exact) mass is 285 g/mol. The Kier molecular flexibility index (Phi) is 7.83. The van der Waals surface area contributed by atoms with Crippen LogP contribution in [0.5, 0.6) is 0 Å². The highest BCUT2D eigenvalue weighted by Gasteiger charge is 2.35. The summed E-state index contributed by atoms with van der Waals surface area (Å²) in [7, 11) is 0. The number of nitrogens with one attached hydrogen (secondary N) is 1. The largest absolute Gasteiger partial charge is 0.316 e. The Balaban J connectivity index is 2.51. The van der Waals surface area contributed by atoms with Crippen LogP contribution in [0, 0.1) is 23.2 Å². The van der Waals surface area contributed by atoms with E-state index in [-0.39, 0.29) is 0 Å². The maximum atomic E-state index is 3.66. The molecule has 0 spiro atoms. The molecule has 114 valence electrons. The molecule has 1 fully saturated rings. The number of thioether (sulfide) groups is 1. The Bertz CT molecular complexity index is 234. The average molecular weight is 286 g/mol. The highest BCUT2D eigenvalue weighted by atomic mass is 32.2. The molecule has 0 saturated heterocycles. The Morgan fingerprint density at radius 2 is 1.89 bits per heavy atom. The van der Waals surface area contributed by atoms with Gasteiger partial charge in [0.25, 0.3) is 0 Å². The van der Waals surface area contributed by atoms with Gasteiger partial charge in [-0.25, -0.2) is 0 Å². The fraction of sp³-hybridized carbons (Fsp3) is 1.00. The molecule has 2 heteroatoms. The van der Waals surface area contributed by atoms with E-state index >= 15 is 0 Å². The first-order chi connectivity index (χ1) is 8.99. The van der Waals surface area contributed by atoms with Crippen LogP contribution in [-0.2, 0) is 0 Å². The molecule has 3 unspecified atom stereocenters. The zero-order valence-electron chi connectivity index (χ0n) is 13.8. The summed E-state index contributed by atoms with van der Waals surface area (Å²) in [4.78, 5) is 0. The van der Waals surface area contributed by atoms with Crippen molar-refractivity contribution in [3.8, 4) is 0 Å². The van der Waals surface area contributed by atoms with E-state index in [1.807, 2.05) is 11.8 Å². The van der Waals surface area contributed by atoms with Crippen LogP contribution >= 0.6 is 11.8 Å². The van der Waals surface area contributed by atoms with Crippen molar-refractivity contribution >= 4 is 11.8 Å². The van der Waals surface area contributed by atoms with E-state index in [2.05, 4.69) is 39.3 Å². The summed E-state index contributed by atoms with van der Waals surface area (Å²) in [6.07, 6.45) is 9.27. The molecule has 0 aromatic carbocycles. The molecular weight excluding hydrogens is 250 g/mol. The second-order valence-electron chi connectivity index (χ2n) is 7.38. The van der Waals surface area contributed by atoms with Crippen LogP contribution < -0.4 is 5.32 Å². The van der Waals surface area contributed by atoms with E-state index in [9.17, 15) is 0 Å². The van der Waals surface area contributed by atoms with Crippen LogP contribution in [0.2, 0.25) is 0 Å². The van der Waals surface area contributed by atoms with E-state index in [0.717, 1.165) is 17.8 Å². The highest BCUT2D eigenvalue weighted by molar-refractivity contribution is 7.98. The first-order valence-corrected chi connectivity index (χ1v) is 9.58. The van der Waals surface area contributed by atoms with Gasteiger partial charge in [-0.1, -0.05) is 27.7 Å². The molecule has 0 aromatic heterocycles. The molecule has 0 heterocycles. The van der Waals surface area contributed by atoms with E-state index in [1.54, 1.807) is 0 Å². The summed E-state index contributed by atoms with van der Waals surface area (Å²) in [5.74, 6) is 4.15. The lowest BCUT2D eigenvalue weighted by Crippen LogP contribution is -2.37. The van der Waals surface area contributed by atoms with Gasteiger partial charge in [-0.15, -0.1) is 0 Å². The van der Waals surface area contributed by atoms with Crippen molar-refractivity contribution in [2.45, 2.75) is 59.8 Å². The third kappa shape index (κ3) is 6.08. The zero-order valence-corrected chi connectivity index (χ0v) is 14.6. The first-order valence-electron chi connectivity index (χ1n) is 8.18. The first kappa shape index (κ1) is 17.4. The minimum Gasteiger partial charge on any atom is -0.316 e.